The number of nitrogen functional groups attached to an aromatic ring is 1. The van der Waals surface area contributed by atoms with Crippen LogP contribution in [0.15, 0.2) is 33.4 Å². The minimum atomic E-state index is -0.347. The van der Waals surface area contributed by atoms with Crippen molar-refractivity contribution in [2.75, 3.05) is 24.3 Å². The van der Waals surface area contributed by atoms with Crippen LogP contribution < -0.4 is 10.6 Å². The van der Waals surface area contributed by atoms with Gasteiger partial charge in [0.25, 0.3) is 0 Å². The summed E-state index contributed by atoms with van der Waals surface area (Å²) in [5.41, 5.74) is 9.21. The molecule has 21 heavy (non-hydrogen) atoms. The zero-order chi connectivity index (χ0) is 15.4. The third kappa shape index (κ3) is 3.98. The van der Waals surface area contributed by atoms with Crippen LogP contribution in [0.4, 0.5) is 11.4 Å². The lowest BCUT2D eigenvalue weighted by Gasteiger charge is -2.21. The summed E-state index contributed by atoms with van der Waals surface area (Å²) in [7, 11) is 1.97. The van der Waals surface area contributed by atoms with E-state index in [-0.39, 0.29) is 5.97 Å². The second-order valence-electron chi connectivity index (χ2n) is 4.61. The molecule has 0 unspecified atom stereocenters. The van der Waals surface area contributed by atoms with Crippen LogP contribution in [0.2, 0.25) is 0 Å². The van der Waals surface area contributed by atoms with Gasteiger partial charge in [-0.15, -0.1) is 11.3 Å². The molecule has 0 saturated heterocycles. The minimum Gasteiger partial charge on any atom is -0.462 e. The minimum absolute atomic E-state index is 0.347. The van der Waals surface area contributed by atoms with Crippen LogP contribution in [-0.2, 0) is 11.3 Å². The Balaban J connectivity index is 2.14. The fraction of sp³-hybridized carbons (Fsp3) is 0.267. The summed E-state index contributed by atoms with van der Waals surface area (Å²) in [4.78, 5) is 13.7. The smallest absolute Gasteiger partial charge is 0.338 e. The molecule has 0 amide bonds. The molecular weight excluding hydrogens is 352 g/mol. The highest BCUT2D eigenvalue weighted by atomic mass is 79.9. The molecule has 0 atom stereocenters. The van der Waals surface area contributed by atoms with Crippen LogP contribution in [-0.4, -0.2) is 19.6 Å². The first kappa shape index (κ1) is 15.9. The second kappa shape index (κ2) is 6.95. The number of hydrogen-bond acceptors (Lipinski definition) is 5. The van der Waals surface area contributed by atoms with E-state index in [9.17, 15) is 4.79 Å². The Bertz CT molecular complexity index is 642. The van der Waals surface area contributed by atoms with Crippen molar-refractivity contribution in [1.82, 2.24) is 0 Å². The SMILES string of the molecule is CCOC(=O)c1ccc(N(C)Cc2csc(Br)c2)c(N)c1. The number of carbonyl (C=O) groups is 1. The largest absolute Gasteiger partial charge is 0.462 e. The number of ether oxygens (including phenoxy) is 1. The van der Waals surface area contributed by atoms with Gasteiger partial charge in [0.1, 0.15) is 0 Å². The molecule has 0 saturated carbocycles. The number of hydrogen-bond donors (Lipinski definition) is 1. The Hall–Kier alpha value is -1.53. The van der Waals surface area contributed by atoms with Gasteiger partial charge >= 0.3 is 5.97 Å². The van der Waals surface area contributed by atoms with Gasteiger partial charge in [0.2, 0.25) is 0 Å². The van der Waals surface area contributed by atoms with Crippen LogP contribution in [0.3, 0.4) is 0 Å². The lowest BCUT2D eigenvalue weighted by atomic mass is 10.1. The number of nitrogens with zero attached hydrogens (tertiary/aromatic N) is 1. The number of esters is 1. The summed E-state index contributed by atoms with van der Waals surface area (Å²) in [5.74, 6) is -0.347. The fourth-order valence-corrected chi connectivity index (χ4v) is 3.23. The van der Waals surface area contributed by atoms with Gasteiger partial charge in [0.05, 0.1) is 27.3 Å². The van der Waals surface area contributed by atoms with Gasteiger partial charge in [0.15, 0.2) is 0 Å². The van der Waals surface area contributed by atoms with Gasteiger partial charge < -0.3 is 15.4 Å². The van der Waals surface area contributed by atoms with E-state index in [4.69, 9.17) is 10.5 Å². The molecule has 0 aliphatic rings. The Labute approximate surface area is 136 Å². The van der Waals surface area contributed by atoms with E-state index < -0.39 is 0 Å². The predicted molar refractivity (Wildman–Crippen MR) is 90.9 cm³/mol. The van der Waals surface area contributed by atoms with Crippen LogP contribution in [0, 0.1) is 0 Å². The summed E-state index contributed by atoms with van der Waals surface area (Å²) in [5, 5.41) is 2.10. The Kier molecular flexibility index (Phi) is 5.25. The van der Waals surface area contributed by atoms with Gasteiger partial charge in [-0.25, -0.2) is 4.79 Å². The van der Waals surface area contributed by atoms with E-state index in [2.05, 4.69) is 32.3 Å². The molecule has 2 N–H and O–H groups in total. The van der Waals surface area contributed by atoms with Gasteiger partial charge in [-0.05, 0) is 58.1 Å². The highest BCUT2D eigenvalue weighted by Crippen LogP contribution is 2.27. The number of anilines is 2. The highest BCUT2D eigenvalue weighted by Gasteiger charge is 2.12. The molecule has 0 aliphatic heterocycles. The van der Waals surface area contributed by atoms with Crippen molar-refractivity contribution in [3.8, 4) is 0 Å². The van der Waals surface area contributed by atoms with Crippen LogP contribution in [0.25, 0.3) is 0 Å². The van der Waals surface area contributed by atoms with Gasteiger partial charge in [-0.3, -0.25) is 0 Å². The van der Waals surface area contributed by atoms with E-state index in [1.807, 2.05) is 13.1 Å². The van der Waals surface area contributed by atoms with Crippen molar-refractivity contribution in [3.05, 3.63) is 44.6 Å². The number of nitrogens with two attached hydrogens (primary N) is 1. The Morgan fingerprint density at radius 2 is 2.19 bits per heavy atom. The summed E-state index contributed by atoms with van der Waals surface area (Å²) in [6.07, 6.45) is 0. The Morgan fingerprint density at radius 1 is 1.43 bits per heavy atom. The molecular formula is C15H17BrN2O2S. The van der Waals surface area contributed by atoms with Gasteiger partial charge in [-0.2, -0.15) is 0 Å². The fourth-order valence-electron chi connectivity index (χ4n) is 2.03. The average molecular weight is 369 g/mol. The molecule has 0 aliphatic carbocycles. The molecule has 1 aromatic carbocycles. The topological polar surface area (TPSA) is 55.6 Å². The van der Waals surface area contributed by atoms with Gasteiger partial charge in [0, 0.05) is 13.6 Å². The van der Waals surface area contributed by atoms with Crippen LogP contribution >= 0.6 is 27.3 Å². The number of carbonyl (C=O) groups excluding carboxylic acids is 1. The van der Waals surface area contributed by atoms with Crippen molar-refractivity contribution in [2.45, 2.75) is 13.5 Å². The van der Waals surface area contributed by atoms with Gasteiger partial charge in [-0.1, -0.05) is 0 Å². The molecule has 0 fully saturated rings. The standard InChI is InChI=1S/C15H17BrN2O2S/c1-3-20-15(19)11-4-5-13(12(17)7-11)18(2)8-10-6-14(16)21-9-10/h4-7,9H,3,8,17H2,1-2H3. The maximum absolute atomic E-state index is 11.7. The summed E-state index contributed by atoms with van der Waals surface area (Å²) in [6.45, 7) is 2.89. The first-order chi connectivity index (χ1) is 10.0. The molecule has 2 rings (SSSR count). The van der Waals surface area contributed by atoms with Crippen molar-refractivity contribution < 1.29 is 9.53 Å². The molecule has 1 aromatic heterocycles. The van der Waals surface area contributed by atoms with E-state index in [0.29, 0.717) is 17.9 Å². The number of halogens is 1. The zero-order valence-corrected chi connectivity index (χ0v) is 14.3. The Morgan fingerprint density at radius 3 is 2.76 bits per heavy atom. The molecule has 2 aromatic rings. The summed E-state index contributed by atoms with van der Waals surface area (Å²) >= 11 is 5.11. The first-order valence-corrected chi connectivity index (χ1v) is 8.19. The molecule has 0 bridgehead atoms. The third-order valence-corrected chi connectivity index (χ3v) is 4.54. The van der Waals surface area contributed by atoms with Crippen molar-refractivity contribution >= 4 is 44.6 Å². The summed E-state index contributed by atoms with van der Waals surface area (Å²) in [6, 6.07) is 7.34. The average Bonchev–Trinajstić information content (AvgIpc) is 2.84. The van der Waals surface area contributed by atoms with Crippen LogP contribution in [0.5, 0.6) is 0 Å². The van der Waals surface area contributed by atoms with E-state index in [1.165, 1.54) is 5.56 Å². The predicted octanol–water partition coefficient (Wildman–Crippen LogP) is 3.91. The normalized spacial score (nSPS) is 10.4. The second-order valence-corrected chi connectivity index (χ2v) is 6.90. The molecule has 0 radical (unpaired) electrons. The lowest BCUT2D eigenvalue weighted by molar-refractivity contribution is 0.0526. The van der Waals surface area contributed by atoms with E-state index in [0.717, 1.165) is 16.0 Å². The molecule has 112 valence electrons. The maximum atomic E-state index is 11.7. The molecule has 1 heterocycles. The van der Waals surface area contributed by atoms with Crippen molar-refractivity contribution in [3.63, 3.8) is 0 Å². The van der Waals surface area contributed by atoms with E-state index >= 15 is 0 Å². The number of rotatable bonds is 5. The summed E-state index contributed by atoms with van der Waals surface area (Å²) < 4.78 is 6.08. The lowest BCUT2D eigenvalue weighted by Crippen LogP contribution is -2.18. The number of benzene rings is 1. The van der Waals surface area contributed by atoms with Crippen molar-refractivity contribution in [1.29, 1.82) is 0 Å². The molecule has 0 spiro atoms. The third-order valence-electron chi connectivity index (χ3n) is 2.99. The quantitative estimate of drug-likeness (QED) is 0.642. The highest BCUT2D eigenvalue weighted by molar-refractivity contribution is 9.11. The molecule has 6 heteroatoms. The van der Waals surface area contributed by atoms with Crippen LogP contribution in [0.1, 0.15) is 22.8 Å². The first-order valence-electron chi connectivity index (χ1n) is 6.52. The maximum Gasteiger partial charge on any atom is 0.338 e. The number of thiophene rings is 1. The van der Waals surface area contributed by atoms with Crippen molar-refractivity contribution in [2.24, 2.45) is 0 Å². The molecule has 4 nitrogen and oxygen atoms in total. The van der Waals surface area contributed by atoms with E-state index in [1.54, 1.807) is 30.4 Å². The zero-order valence-electron chi connectivity index (χ0n) is 11.9. The monoisotopic (exact) mass is 368 g/mol.